The average Bonchev–Trinajstić information content (AvgIpc) is 3.16. The maximum Gasteiger partial charge on any atom is 0.338 e. The fourth-order valence-electron chi connectivity index (χ4n) is 5.69. The minimum absolute atomic E-state index is 0.166. The molecule has 1 saturated heterocycles. The van der Waals surface area contributed by atoms with Gasteiger partial charge in [-0.15, -0.1) is 0 Å². The van der Waals surface area contributed by atoms with Crippen LogP contribution in [0.5, 0.6) is 0 Å². The molecule has 0 aromatic heterocycles. The fraction of sp³-hybridized carbons (Fsp3) is 0.290. The van der Waals surface area contributed by atoms with Gasteiger partial charge in [0.2, 0.25) is 11.8 Å². The van der Waals surface area contributed by atoms with Crippen LogP contribution >= 0.6 is 0 Å². The zero-order valence-corrected chi connectivity index (χ0v) is 21.5. The lowest BCUT2D eigenvalue weighted by atomic mass is 9.73. The maximum absolute atomic E-state index is 13.4. The highest BCUT2D eigenvalue weighted by Gasteiger charge is 2.50. The van der Waals surface area contributed by atoms with Gasteiger partial charge in [-0.2, -0.15) is 0 Å². The van der Waals surface area contributed by atoms with Gasteiger partial charge in [0.15, 0.2) is 6.61 Å². The number of aryl methyl sites for hydroxylation is 2. The number of amides is 3. The molecule has 2 fully saturated rings. The van der Waals surface area contributed by atoms with Crippen molar-refractivity contribution in [2.75, 3.05) is 16.8 Å². The molecule has 38 heavy (non-hydrogen) atoms. The van der Waals surface area contributed by atoms with Gasteiger partial charge in [-0.3, -0.25) is 19.3 Å². The molecule has 5 rings (SSSR count). The van der Waals surface area contributed by atoms with Crippen molar-refractivity contribution in [2.45, 2.75) is 39.0 Å². The van der Waals surface area contributed by atoms with Crippen molar-refractivity contribution in [1.82, 2.24) is 0 Å². The first kappa shape index (κ1) is 25.4. The summed E-state index contributed by atoms with van der Waals surface area (Å²) in [6.45, 7) is 3.41. The first-order valence-corrected chi connectivity index (χ1v) is 12.9. The van der Waals surface area contributed by atoms with Crippen LogP contribution in [0, 0.1) is 25.7 Å². The summed E-state index contributed by atoms with van der Waals surface area (Å²) in [5, 5.41) is 2.73. The molecule has 7 nitrogen and oxygen atoms in total. The van der Waals surface area contributed by atoms with Gasteiger partial charge in [0.25, 0.3) is 5.91 Å². The predicted octanol–water partition coefficient (Wildman–Crippen LogP) is 5.17. The van der Waals surface area contributed by atoms with Gasteiger partial charge in [0, 0.05) is 5.69 Å². The van der Waals surface area contributed by atoms with E-state index < -0.39 is 18.5 Å². The minimum Gasteiger partial charge on any atom is -0.452 e. The summed E-state index contributed by atoms with van der Waals surface area (Å²) in [6, 6.07) is 22.0. The molecular formula is C31H30N2O5. The number of anilines is 2. The summed E-state index contributed by atoms with van der Waals surface area (Å²) in [4.78, 5) is 52.9. The molecule has 7 heteroatoms. The Morgan fingerprint density at radius 1 is 0.868 bits per heavy atom. The molecule has 0 unspecified atom stereocenters. The van der Waals surface area contributed by atoms with Crippen LogP contribution in [-0.4, -0.2) is 30.3 Å². The number of benzene rings is 3. The second-order valence-electron chi connectivity index (χ2n) is 10.2. The highest BCUT2D eigenvalue weighted by molar-refractivity contribution is 6.22. The van der Waals surface area contributed by atoms with E-state index in [0.29, 0.717) is 24.2 Å². The van der Waals surface area contributed by atoms with Gasteiger partial charge >= 0.3 is 5.97 Å². The van der Waals surface area contributed by atoms with E-state index in [1.807, 2.05) is 50.2 Å². The Balaban J connectivity index is 1.24. The van der Waals surface area contributed by atoms with E-state index >= 15 is 0 Å². The Morgan fingerprint density at radius 3 is 2.32 bits per heavy atom. The van der Waals surface area contributed by atoms with Crippen molar-refractivity contribution in [1.29, 1.82) is 0 Å². The summed E-state index contributed by atoms with van der Waals surface area (Å²) in [5.41, 5.74) is 4.36. The lowest BCUT2D eigenvalue weighted by Gasteiger charge is -2.28. The number of fused-ring (bicyclic) bond motifs is 1. The van der Waals surface area contributed by atoms with E-state index in [-0.39, 0.29) is 35.1 Å². The van der Waals surface area contributed by atoms with E-state index in [0.717, 1.165) is 17.5 Å². The van der Waals surface area contributed by atoms with Gasteiger partial charge in [-0.05, 0) is 86.1 Å². The van der Waals surface area contributed by atoms with Crippen molar-refractivity contribution >= 4 is 35.1 Å². The predicted molar refractivity (Wildman–Crippen MR) is 144 cm³/mol. The normalized spacial score (nSPS) is 20.7. The number of hydrogen-bond donors (Lipinski definition) is 1. The highest BCUT2D eigenvalue weighted by atomic mass is 16.5. The van der Waals surface area contributed by atoms with Gasteiger partial charge in [0.05, 0.1) is 23.1 Å². The maximum atomic E-state index is 13.4. The summed E-state index contributed by atoms with van der Waals surface area (Å²) < 4.78 is 5.21. The van der Waals surface area contributed by atoms with E-state index in [1.54, 1.807) is 12.1 Å². The molecule has 1 saturated carbocycles. The third-order valence-electron chi connectivity index (χ3n) is 7.38. The smallest absolute Gasteiger partial charge is 0.338 e. The van der Waals surface area contributed by atoms with Crippen LogP contribution in [0.3, 0.4) is 0 Å². The summed E-state index contributed by atoms with van der Waals surface area (Å²) in [6.07, 6.45) is 2.14. The van der Waals surface area contributed by atoms with Crippen LogP contribution in [0.25, 0.3) is 0 Å². The van der Waals surface area contributed by atoms with Crippen LogP contribution in [0.1, 0.15) is 52.2 Å². The monoisotopic (exact) mass is 510 g/mol. The third kappa shape index (κ3) is 5.23. The lowest BCUT2D eigenvalue weighted by Crippen LogP contribution is -2.31. The molecule has 0 spiro atoms. The molecule has 3 atom stereocenters. The fourth-order valence-corrected chi connectivity index (χ4v) is 5.69. The lowest BCUT2D eigenvalue weighted by molar-refractivity contribution is -0.122. The number of carbonyl (C=O) groups excluding carboxylic acids is 4. The van der Waals surface area contributed by atoms with Crippen LogP contribution in [0.2, 0.25) is 0 Å². The standard InChI is InChI=1S/C31H30N2O5/c1-19-13-20(2)15-24(14-19)32-28(34)18-38-31(37)23-9-6-10-25(16-23)33-29(35)26-12-11-22(17-27(26)30(33)36)21-7-4-3-5-8-21/h3-10,13-16,22,26-27H,11-12,17-18H2,1-2H3,(H,32,34)/t22-,26+,27+/m0/s1. The quantitative estimate of drug-likeness (QED) is 0.365. The Hall–Kier alpha value is -4.26. The molecule has 0 radical (unpaired) electrons. The number of nitrogens with zero attached hydrogens (tertiary/aromatic N) is 1. The largest absolute Gasteiger partial charge is 0.452 e. The molecule has 194 valence electrons. The van der Waals surface area contributed by atoms with Crippen molar-refractivity contribution in [2.24, 2.45) is 11.8 Å². The molecule has 1 aliphatic carbocycles. The van der Waals surface area contributed by atoms with Gasteiger partial charge in [0.1, 0.15) is 0 Å². The Labute approximate surface area is 221 Å². The van der Waals surface area contributed by atoms with Crippen LogP contribution in [0.4, 0.5) is 11.4 Å². The molecule has 3 aromatic rings. The Kier molecular flexibility index (Phi) is 7.09. The van der Waals surface area contributed by atoms with Crippen LogP contribution in [0.15, 0.2) is 72.8 Å². The van der Waals surface area contributed by atoms with Gasteiger partial charge in [-0.25, -0.2) is 4.79 Å². The topological polar surface area (TPSA) is 92.8 Å². The summed E-state index contributed by atoms with van der Waals surface area (Å²) in [7, 11) is 0. The molecule has 1 heterocycles. The number of esters is 1. The Bertz CT molecular complexity index is 1380. The number of rotatable bonds is 6. The summed E-state index contributed by atoms with van der Waals surface area (Å²) >= 11 is 0. The van der Waals surface area contributed by atoms with Crippen LogP contribution < -0.4 is 10.2 Å². The van der Waals surface area contributed by atoms with Crippen molar-refractivity contribution in [3.8, 4) is 0 Å². The summed E-state index contributed by atoms with van der Waals surface area (Å²) in [5.74, 6) is -2.07. The number of ether oxygens (including phenoxy) is 1. The van der Waals surface area contributed by atoms with Crippen molar-refractivity contribution in [3.63, 3.8) is 0 Å². The van der Waals surface area contributed by atoms with Crippen molar-refractivity contribution < 1.29 is 23.9 Å². The molecule has 3 aromatic carbocycles. The SMILES string of the molecule is Cc1cc(C)cc(NC(=O)COC(=O)c2cccc(N3C(=O)[C@@H]4CC[C@H](c5ccccc5)C[C@H]4C3=O)c2)c1. The van der Waals surface area contributed by atoms with Gasteiger partial charge in [-0.1, -0.05) is 42.5 Å². The molecule has 2 aliphatic rings. The second kappa shape index (κ2) is 10.6. The molecule has 1 N–H and O–H groups in total. The van der Waals surface area contributed by atoms with E-state index in [9.17, 15) is 19.2 Å². The zero-order chi connectivity index (χ0) is 26.8. The molecule has 3 amide bonds. The number of hydrogen-bond acceptors (Lipinski definition) is 5. The number of nitrogens with one attached hydrogen (secondary N) is 1. The average molecular weight is 511 g/mol. The highest BCUT2D eigenvalue weighted by Crippen LogP contribution is 2.45. The molecule has 0 bridgehead atoms. The van der Waals surface area contributed by atoms with E-state index in [1.165, 1.54) is 22.6 Å². The van der Waals surface area contributed by atoms with E-state index in [2.05, 4.69) is 17.4 Å². The first-order valence-electron chi connectivity index (χ1n) is 12.9. The van der Waals surface area contributed by atoms with E-state index in [4.69, 9.17) is 4.74 Å². The van der Waals surface area contributed by atoms with Crippen molar-refractivity contribution in [3.05, 3.63) is 95.1 Å². The third-order valence-corrected chi connectivity index (χ3v) is 7.38. The zero-order valence-electron chi connectivity index (χ0n) is 21.5. The second-order valence-corrected chi connectivity index (χ2v) is 10.2. The first-order chi connectivity index (χ1) is 18.3. The van der Waals surface area contributed by atoms with Crippen LogP contribution in [-0.2, 0) is 19.1 Å². The molecular weight excluding hydrogens is 480 g/mol. The number of carbonyl (C=O) groups is 4. The molecule has 1 aliphatic heterocycles. The minimum atomic E-state index is -0.705. The van der Waals surface area contributed by atoms with Gasteiger partial charge < -0.3 is 10.1 Å². The Morgan fingerprint density at radius 2 is 1.58 bits per heavy atom. The number of imide groups is 1.